The molecule has 0 unspecified atom stereocenters. The maximum absolute atomic E-state index is 12.8. The Hall–Kier alpha value is -2.87. The van der Waals surface area contributed by atoms with E-state index in [0.29, 0.717) is 43.7 Å². The van der Waals surface area contributed by atoms with Gasteiger partial charge < -0.3 is 10.2 Å². The van der Waals surface area contributed by atoms with Gasteiger partial charge >= 0.3 is 0 Å². The summed E-state index contributed by atoms with van der Waals surface area (Å²) in [6, 6.07) is 13.0. The number of likely N-dealkylation sites (tertiary alicyclic amines) is 1. The molecule has 1 heterocycles. The fraction of sp³-hybridized carbons (Fsp3) is 0.391. The number of rotatable bonds is 7. The van der Waals surface area contributed by atoms with E-state index in [1.54, 1.807) is 53.4 Å². The average Bonchev–Trinajstić information content (AvgIpc) is 2.77. The number of aryl methyl sites for hydroxylation is 1. The Morgan fingerprint density at radius 3 is 2.19 bits per heavy atom. The molecular weight excluding hydrogens is 414 g/mol. The fourth-order valence-electron chi connectivity index (χ4n) is 3.53. The lowest BCUT2D eigenvalue weighted by atomic mass is 9.95. The molecule has 0 atom stereocenters. The van der Waals surface area contributed by atoms with E-state index < -0.39 is 10.0 Å². The molecule has 2 aromatic rings. The quantitative estimate of drug-likeness (QED) is 0.687. The number of hydrogen-bond donors (Lipinski definition) is 2. The van der Waals surface area contributed by atoms with Crippen LogP contribution in [0.1, 0.15) is 42.1 Å². The lowest BCUT2D eigenvalue weighted by Crippen LogP contribution is -2.43. The van der Waals surface area contributed by atoms with Crippen LogP contribution in [0.25, 0.3) is 0 Å². The summed E-state index contributed by atoms with van der Waals surface area (Å²) in [5.41, 5.74) is 1.86. The van der Waals surface area contributed by atoms with Crippen LogP contribution < -0.4 is 10.0 Å². The molecule has 1 fully saturated rings. The van der Waals surface area contributed by atoms with E-state index in [-0.39, 0.29) is 22.6 Å². The number of nitrogens with one attached hydrogen (secondary N) is 2. The molecule has 31 heavy (non-hydrogen) atoms. The standard InChI is InChI=1S/C23H29N3O4S/c1-3-14-24-22(27)18-12-15-26(16-13-18)23(28)19-6-8-20(9-7-19)25-31(29,30)21-10-4-17(2)5-11-21/h4-11,18,25H,3,12-16H2,1-2H3,(H,24,27). The Morgan fingerprint density at radius 2 is 1.61 bits per heavy atom. The molecule has 2 aromatic carbocycles. The molecule has 3 rings (SSSR count). The third-order valence-electron chi connectivity index (χ3n) is 5.42. The van der Waals surface area contributed by atoms with Gasteiger partial charge in [0.2, 0.25) is 5.91 Å². The summed E-state index contributed by atoms with van der Waals surface area (Å²) in [7, 11) is -3.69. The van der Waals surface area contributed by atoms with Gasteiger partial charge in [-0.25, -0.2) is 8.42 Å². The maximum Gasteiger partial charge on any atom is 0.261 e. The number of anilines is 1. The highest BCUT2D eigenvalue weighted by Crippen LogP contribution is 2.21. The van der Waals surface area contributed by atoms with E-state index in [4.69, 9.17) is 0 Å². The van der Waals surface area contributed by atoms with Crippen LogP contribution in [0.2, 0.25) is 0 Å². The van der Waals surface area contributed by atoms with Crippen molar-refractivity contribution in [3.8, 4) is 0 Å². The first kappa shape index (κ1) is 22.8. The minimum atomic E-state index is -3.69. The van der Waals surface area contributed by atoms with E-state index in [9.17, 15) is 18.0 Å². The first-order valence-electron chi connectivity index (χ1n) is 10.6. The summed E-state index contributed by atoms with van der Waals surface area (Å²) >= 11 is 0. The summed E-state index contributed by atoms with van der Waals surface area (Å²) < 4.78 is 27.6. The number of carbonyl (C=O) groups is 2. The smallest absolute Gasteiger partial charge is 0.261 e. The van der Waals surface area contributed by atoms with Gasteiger partial charge in [-0.15, -0.1) is 0 Å². The predicted octanol–water partition coefficient (Wildman–Crippen LogP) is 3.17. The van der Waals surface area contributed by atoms with Gasteiger partial charge in [0, 0.05) is 36.8 Å². The highest BCUT2D eigenvalue weighted by molar-refractivity contribution is 7.92. The molecule has 2 N–H and O–H groups in total. The average molecular weight is 444 g/mol. The molecule has 1 saturated heterocycles. The summed E-state index contributed by atoms with van der Waals surface area (Å²) in [6.45, 7) is 5.65. The third kappa shape index (κ3) is 5.85. The number of carbonyl (C=O) groups excluding carboxylic acids is 2. The Morgan fingerprint density at radius 1 is 1.00 bits per heavy atom. The molecule has 0 aromatic heterocycles. The summed E-state index contributed by atoms with van der Waals surface area (Å²) in [5, 5.41) is 2.92. The molecule has 1 aliphatic heterocycles. The zero-order valence-electron chi connectivity index (χ0n) is 17.9. The van der Waals surface area contributed by atoms with Gasteiger partial charge in [-0.1, -0.05) is 24.6 Å². The second kappa shape index (κ2) is 9.96. The van der Waals surface area contributed by atoms with Crippen LogP contribution in [-0.4, -0.2) is 44.8 Å². The topological polar surface area (TPSA) is 95.6 Å². The molecule has 7 nitrogen and oxygen atoms in total. The van der Waals surface area contributed by atoms with Crippen LogP contribution in [0.4, 0.5) is 5.69 Å². The summed E-state index contributed by atoms with van der Waals surface area (Å²) in [5.74, 6) is -0.0892. The number of amides is 2. The molecule has 166 valence electrons. The van der Waals surface area contributed by atoms with E-state index in [2.05, 4.69) is 10.0 Å². The van der Waals surface area contributed by atoms with Gasteiger partial charge in [0.25, 0.3) is 15.9 Å². The second-order valence-electron chi connectivity index (χ2n) is 7.85. The lowest BCUT2D eigenvalue weighted by Gasteiger charge is -2.31. The number of piperidine rings is 1. The molecule has 1 aliphatic rings. The van der Waals surface area contributed by atoms with Crippen molar-refractivity contribution >= 4 is 27.5 Å². The van der Waals surface area contributed by atoms with Crippen LogP contribution in [0.15, 0.2) is 53.4 Å². The minimum absolute atomic E-state index is 0.0471. The van der Waals surface area contributed by atoms with Crippen LogP contribution in [0, 0.1) is 12.8 Å². The van der Waals surface area contributed by atoms with E-state index in [0.717, 1.165) is 12.0 Å². The van der Waals surface area contributed by atoms with Crippen molar-refractivity contribution in [2.45, 2.75) is 38.0 Å². The summed E-state index contributed by atoms with van der Waals surface area (Å²) in [6.07, 6.45) is 2.20. The molecule has 0 spiro atoms. The van der Waals surface area contributed by atoms with Gasteiger partial charge in [-0.05, 0) is 62.6 Å². The Bertz CT molecular complexity index is 1010. The van der Waals surface area contributed by atoms with Crippen molar-refractivity contribution in [1.82, 2.24) is 10.2 Å². The van der Waals surface area contributed by atoms with Gasteiger partial charge in [0.05, 0.1) is 4.90 Å². The van der Waals surface area contributed by atoms with E-state index in [1.807, 2.05) is 13.8 Å². The van der Waals surface area contributed by atoms with Crippen molar-refractivity contribution in [3.63, 3.8) is 0 Å². The SMILES string of the molecule is CCCNC(=O)C1CCN(C(=O)c2ccc(NS(=O)(=O)c3ccc(C)cc3)cc2)CC1. The monoisotopic (exact) mass is 443 g/mol. The van der Waals surface area contributed by atoms with Crippen molar-refractivity contribution in [2.75, 3.05) is 24.4 Å². The number of nitrogens with zero attached hydrogens (tertiary/aromatic N) is 1. The normalized spacial score (nSPS) is 14.8. The van der Waals surface area contributed by atoms with Crippen LogP contribution in [0.3, 0.4) is 0 Å². The first-order chi connectivity index (χ1) is 14.8. The van der Waals surface area contributed by atoms with Crippen LogP contribution in [-0.2, 0) is 14.8 Å². The molecule has 8 heteroatoms. The Balaban J connectivity index is 1.58. The number of hydrogen-bond acceptors (Lipinski definition) is 4. The highest BCUT2D eigenvalue weighted by atomic mass is 32.2. The maximum atomic E-state index is 12.8. The molecule has 0 radical (unpaired) electrons. The van der Waals surface area contributed by atoms with E-state index >= 15 is 0 Å². The zero-order valence-corrected chi connectivity index (χ0v) is 18.7. The van der Waals surface area contributed by atoms with Crippen molar-refractivity contribution in [1.29, 1.82) is 0 Å². The Kier molecular flexibility index (Phi) is 7.33. The predicted molar refractivity (Wildman–Crippen MR) is 120 cm³/mol. The minimum Gasteiger partial charge on any atom is -0.356 e. The van der Waals surface area contributed by atoms with E-state index in [1.165, 1.54) is 0 Å². The van der Waals surface area contributed by atoms with Gasteiger partial charge in [0.1, 0.15) is 0 Å². The molecule has 2 amide bonds. The fourth-order valence-corrected chi connectivity index (χ4v) is 4.59. The van der Waals surface area contributed by atoms with Crippen LogP contribution in [0.5, 0.6) is 0 Å². The second-order valence-corrected chi connectivity index (χ2v) is 9.54. The van der Waals surface area contributed by atoms with Gasteiger partial charge in [-0.2, -0.15) is 0 Å². The third-order valence-corrected chi connectivity index (χ3v) is 6.81. The van der Waals surface area contributed by atoms with Crippen molar-refractivity contribution in [2.24, 2.45) is 5.92 Å². The zero-order chi connectivity index (χ0) is 22.4. The van der Waals surface area contributed by atoms with Crippen LogP contribution >= 0.6 is 0 Å². The summed E-state index contributed by atoms with van der Waals surface area (Å²) in [4.78, 5) is 26.8. The first-order valence-corrected chi connectivity index (χ1v) is 12.0. The molecule has 0 aliphatic carbocycles. The number of sulfonamides is 1. The largest absolute Gasteiger partial charge is 0.356 e. The van der Waals surface area contributed by atoms with Crippen molar-refractivity contribution < 1.29 is 18.0 Å². The van der Waals surface area contributed by atoms with Gasteiger partial charge in [-0.3, -0.25) is 14.3 Å². The molecule has 0 bridgehead atoms. The lowest BCUT2D eigenvalue weighted by molar-refractivity contribution is -0.126. The van der Waals surface area contributed by atoms with Gasteiger partial charge in [0.15, 0.2) is 0 Å². The highest BCUT2D eigenvalue weighted by Gasteiger charge is 2.27. The Labute approximate surface area is 183 Å². The number of benzene rings is 2. The molecular formula is C23H29N3O4S. The van der Waals surface area contributed by atoms with Crippen molar-refractivity contribution in [3.05, 3.63) is 59.7 Å². The molecule has 0 saturated carbocycles.